The van der Waals surface area contributed by atoms with Crippen LogP contribution in [0.2, 0.25) is 25.2 Å². The second-order valence-corrected chi connectivity index (χ2v) is 12.9. The first-order chi connectivity index (χ1) is 6.67. The minimum absolute atomic E-state index is 0.0272. The van der Waals surface area contributed by atoms with Gasteiger partial charge < -0.3 is 5.11 Å². The van der Waals surface area contributed by atoms with Gasteiger partial charge in [0.1, 0.15) is 0 Å². The van der Waals surface area contributed by atoms with E-state index < -0.39 is 8.07 Å². The Morgan fingerprint density at radius 3 is 2.13 bits per heavy atom. The largest absolute Gasteiger partial charge is 0.393 e. The van der Waals surface area contributed by atoms with Crippen molar-refractivity contribution in [3.8, 4) is 0 Å². The highest BCUT2D eigenvalue weighted by Gasteiger charge is 2.65. The van der Waals surface area contributed by atoms with E-state index in [1.165, 1.54) is 0 Å². The minimum Gasteiger partial charge on any atom is -0.393 e. The van der Waals surface area contributed by atoms with Gasteiger partial charge in [0.05, 0.1) is 6.10 Å². The van der Waals surface area contributed by atoms with Crippen molar-refractivity contribution in [3.63, 3.8) is 0 Å². The first-order valence-corrected chi connectivity index (χ1v) is 9.93. The summed E-state index contributed by atoms with van der Waals surface area (Å²) in [5, 5.41) is 10.0. The van der Waals surface area contributed by atoms with E-state index in [0.717, 1.165) is 23.8 Å². The van der Waals surface area contributed by atoms with Gasteiger partial charge in [-0.2, -0.15) is 0 Å². The maximum Gasteiger partial charge on any atom is 0.0571 e. The molecular formula is C13H26OSi. The van der Waals surface area contributed by atoms with Crippen LogP contribution in [0.1, 0.15) is 27.2 Å². The second-order valence-electron chi connectivity index (χ2n) is 7.51. The molecule has 0 aliphatic heterocycles. The Morgan fingerprint density at radius 2 is 1.73 bits per heavy atom. The third-order valence-corrected chi connectivity index (χ3v) is 8.07. The fourth-order valence-corrected chi connectivity index (χ4v) is 8.20. The molecule has 88 valence electrons. The predicted octanol–water partition coefficient (Wildman–Crippen LogP) is 3.37. The maximum absolute atomic E-state index is 10.0. The fraction of sp³-hybridized carbons (Fsp3) is 1.00. The lowest BCUT2D eigenvalue weighted by atomic mass is 9.44. The fourth-order valence-electron chi connectivity index (χ4n) is 4.62. The van der Waals surface area contributed by atoms with Gasteiger partial charge in [0, 0.05) is 8.07 Å². The van der Waals surface area contributed by atoms with Crippen LogP contribution in [-0.4, -0.2) is 19.3 Å². The van der Waals surface area contributed by atoms with Gasteiger partial charge in [-0.3, -0.25) is 0 Å². The molecule has 0 radical (unpaired) electrons. The summed E-state index contributed by atoms with van der Waals surface area (Å²) in [5.74, 6) is 2.08. The molecule has 2 bridgehead atoms. The maximum atomic E-state index is 10.0. The molecule has 5 atom stereocenters. The smallest absolute Gasteiger partial charge is 0.0571 e. The molecule has 3 fully saturated rings. The number of hydrogen-bond acceptors (Lipinski definition) is 1. The highest BCUT2D eigenvalue weighted by molar-refractivity contribution is 6.77. The van der Waals surface area contributed by atoms with Crippen LogP contribution < -0.4 is 0 Å². The summed E-state index contributed by atoms with van der Waals surface area (Å²) in [4.78, 5) is 0. The second kappa shape index (κ2) is 3.10. The van der Waals surface area contributed by atoms with Crippen molar-refractivity contribution < 1.29 is 5.11 Å². The van der Waals surface area contributed by atoms with Gasteiger partial charge >= 0.3 is 0 Å². The SMILES string of the molecule is CC1C(O)CC2C([Si](C)(C)C)C1C2(C)C. The summed E-state index contributed by atoms with van der Waals surface area (Å²) in [6, 6.07) is 0. The Morgan fingerprint density at radius 1 is 1.20 bits per heavy atom. The van der Waals surface area contributed by atoms with Gasteiger partial charge in [-0.15, -0.1) is 0 Å². The Hall–Kier alpha value is 0.177. The third-order valence-electron chi connectivity index (χ3n) is 5.30. The van der Waals surface area contributed by atoms with Crippen molar-refractivity contribution in [2.24, 2.45) is 23.2 Å². The highest BCUT2D eigenvalue weighted by Crippen LogP contribution is 2.70. The van der Waals surface area contributed by atoms with Gasteiger partial charge in [-0.05, 0) is 35.1 Å². The Labute approximate surface area is 95.3 Å². The lowest BCUT2D eigenvalue weighted by Crippen LogP contribution is -2.65. The summed E-state index contributed by atoms with van der Waals surface area (Å²) in [6.07, 6.45) is 1.03. The van der Waals surface area contributed by atoms with Crippen molar-refractivity contribution >= 4 is 8.07 Å². The van der Waals surface area contributed by atoms with E-state index in [0.29, 0.717) is 11.3 Å². The van der Waals surface area contributed by atoms with Gasteiger partial charge in [0.25, 0.3) is 0 Å². The van der Waals surface area contributed by atoms with Crippen LogP contribution in [0.4, 0.5) is 0 Å². The molecule has 2 heteroatoms. The van der Waals surface area contributed by atoms with Gasteiger partial charge in [0.15, 0.2) is 0 Å². The molecule has 1 nitrogen and oxygen atoms in total. The van der Waals surface area contributed by atoms with E-state index in [2.05, 4.69) is 40.4 Å². The Bertz CT molecular complexity index is 266. The molecule has 3 rings (SSSR count). The van der Waals surface area contributed by atoms with E-state index in [-0.39, 0.29) is 6.10 Å². The van der Waals surface area contributed by atoms with Crippen molar-refractivity contribution in [3.05, 3.63) is 0 Å². The number of hydrogen-bond donors (Lipinski definition) is 1. The van der Waals surface area contributed by atoms with Gasteiger partial charge in [0.2, 0.25) is 0 Å². The summed E-state index contributed by atoms with van der Waals surface area (Å²) < 4.78 is 0. The normalized spacial score (nSPS) is 48.6. The van der Waals surface area contributed by atoms with Crippen LogP contribution >= 0.6 is 0 Å². The van der Waals surface area contributed by atoms with Crippen LogP contribution in [-0.2, 0) is 0 Å². The van der Waals surface area contributed by atoms with Crippen molar-refractivity contribution in [2.45, 2.75) is 58.5 Å². The third kappa shape index (κ3) is 1.44. The number of aliphatic hydroxyl groups is 1. The average Bonchev–Trinajstić information content (AvgIpc) is 2.05. The number of aliphatic hydroxyl groups excluding tert-OH is 1. The molecule has 0 amide bonds. The standard InChI is InChI=1S/C13H26OSi/c1-8-10(14)7-9-12(15(4,5)6)11(8)13(9,2)3/h8-12,14H,7H2,1-6H3. The number of fused-ring (bicyclic) bond motifs is 2. The van der Waals surface area contributed by atoms with Gasteiger partial charge in [-0.1, -0.05) is 40.4 Å². The quantitative estimate of drug-likeness (QED) is 0.680. The van der Waals surface area contributed by atoms with E-state index in [4.69, 9.17) is 0 Å². The molecule has 5 unspecified atom stereocenters. The molecule has 0 heterocycles. The van der Waals surface area contributed by atoms with Crippen molar-refractivity contribution in [1.82, 2.24) is 0 Å². The van der Waals surface area contributed by atoms with E-state index in [1.54, 1.807) is 0 Å². The van der Waals surface area contributed by atoms with Crippen LogP contribution in [0.3, 0.4) is 0 Å². The highest BCUT2D eigenvalue weighted by atomic mass is 28.3. The van der Waals surface area contributed by atoms with Crippen molar-refractivity contribution in [2.75, 3.05) is 0 Å². The first-order valence-electron chi connectivity index (χ1n) is 6.35. The van der Waals surface area contributed by atoms with Crippen LogP contribution in [0.15, 0.2) is 0 Å². The molecule has 0 aromatic rings. The Kier molecular flexibility index (Phi) is 2.41. The first kappa shape index (κ1) is 11.7. The van der Waals surface area contributed by atoms with Crippen LogP contribution in [0.5, 0.6) is 0 Å². The van der Waals surface area contributed by atoms with Crippen molar-refractivity contribution in [1.29, 1.82) is 0 Å². The molecule has 0 saturated heterocycles. The van der Waals surface area contributed by atoms with Crippen LogP contribution in [0, 0.1) is 23.2 Å². The van der Waals surface area contributed by atoms with Gasteiger partial charge in [-0.25, -0.2) is 0 Å². The topological polar surface area (TPSA) is 20.2 Å². The molecule has 0 aromatic carbocycles. The average molecular weight is 226 g/mol. The zero-order chi connectivity index (χ0) is 11.6. The molecule has 1 N–H and O–H groups in total. The zero-order valence-electron chi connectivity index (χ0n) is 11.0. The minimum atomic E-state index is -1.04. The molecule has 3 aliphatic rings. The molecule has 3 saturated carbocycles. The Balaban J connectivity index is 2.28. The number of rotatable bonds is 1. The summed E-state index contributed by atoms with van der Waals surface area (Å²) >= 11 is 0. The summed E-state index contributed by atoms with van der Waals surface area (Å²) in [5.41, 5.74) is 1.44. The zero-order valence-corrected chi connectivity index (χ0v) is 12.0. The lowest BCUT2D eigenvalue weighted by Gasteiger charge is -2.69. The van der Waals surface area contributed by atoms with Crippen LogP contribution in [0.25, 0.3) is 0 Å². The van der Waals surface area contributed by atoms with E-state index in [9.17, 15) is 5.11 Å². The molecule has 3 aliphatic carbocycles. The lowest BCUT2D eigenvalue weighted by molar-refractivity contribution is -0.155. The van der Waals surface area contributed by atoms with E-state index in [1.807, 2.05) is 0 Å². The molecule has 0 aromatic heterocycles. The van der Waals surface area contributed by atoms with E-state index >= 15 is 0 Å². The monoisotopic (exact) mass is 226 g/mol. The summed E-state index contributed by atoms with van der Waals surface area (Å²) in [6.45, 7) is 14.6. The molecule has 15 heavy (non-hydrogen) atoms. The predicted molar refractivity (Wildman–Crippen MR) is 67.6 cm³/mol. The molecule has 0 spiro atoms. The summed E-state index contributed by atoms with van der Waals surface area (Å²) in [7, 11) is -1.04. The molecular weight excluding hydrogens is 200 g/mol.